The van der Waals surface area contributed by atoms with E-state index in [1.807, 2.05) is 6.07 Å². The van der Waals surface area contributed by atoms with Gasteiger partial charge in [0.05, 0.1) is 11.2 Å². The maximum absolute atomic E-state index is 10.9. The van der Waals surface area contributed by atoms with Gasteiger partial charge in [-0.1, -0.05) is 0 Å². The molecule has 0 aliphatic heterocycles. The Morgan fingerprint density at radius 3 is 2.84 bits per heavy atom. The fourth-order valence-corrected chi connectivity index (χ4v) is 1.70. The Morgan fingerprint density at radius 2 is 2.21 bits per heavy atom. The second-order valence-corrected chi connectivity index (χ2v) is 3.91. The summed E-state index contributed by atoms with van der Waals surface area (Å²) < 4.78 is 5.17. The predicted molar refractivity (Wildman–Crippen MR) is 69.4 cm³/mol. The van der Waals surface area contributed by atoms with E-state index in [0.29, 0.717) is 24.9 Å². The summed E-state index contributed by atoms with van der Waals surface area (Å²) >= 11 is 0. The zero-order chi connectivity index (χ0) is 13.7. The molecular weight excluding hydrogens is 248 g/mol. The van der Waals surface area contributed by atoms with Gasteiger partial charge in [-0.2, -0.15) is 0 Å². The number of benzene rings is 1. The van der Waals surface area contributed by atoms with E-state index in [4.69, 9.17) is 4.42 Å². The van der Waals surface area contributed by atoms with Crippen LogP contribution in [0.15, 0.2) is 41.0 Å². The molecule has 19 heavy (non-hydrogen) atoms. The summed E-state index contributed by atoms with van der Waals surface area (Å²) in [4.78, 5) is 21.0. The van der Waals surface area contributed by atoms with Crippen molar-refractivity contribution in [3.8, 4) is 0 Å². The van der Waals surface area contributed by atoms with Crippen molar-refractivity contribution in [1.82, 2.24) is 0 Å². The lowest BCUT2D eigenvalue weighted by molar-refractivity contribution is -0.384. The molecule has 0 aliphatic carbocycles. The van der Waals surface area contributed by atoms with Crippen LogP contribution in [0.3, 0.4) is 0 Å². The number of hydrogen-bond acceptors (Lipinski definition) is 5. The molecule has 0 spiro atoms. The van der Waals surface area contributed by atoms with Crippen LogP contribution >= 0.6 is 0 Å². The van der Waals surface area contributed by atoms with Gasteiger partial charge in [0, 0.05) is 24.6 Å². The Hall–Kier alpha value is -2.63. The monoisotopic (exact) mass is 260 g/mol. The van der Waals surface area contributed by atoms with Gasteiger partial charge in [-0.3, -0.25) is 14.9 Å². The van der Waals surface area contributed by atoms with Crippen molar-refractivity contribution < 1.29 is 14.1 Å². The number of nitrogens with one attached hydrogen (secondary N) is 1. The van der Waals surface area contributed by atoms with Crippen molar-refractivity contribution in [2.45, 2.75) is 6.42 Å². The molecule has 0 saturated carbocycles. The van der Waals surface area contributed by atoms with Crippen molar-refractivity contribution in [2.75, 3.05) is 11.9 Å². The first-order valence-corrected chi connectivity index (χ1v) is 5.70. The highest BCUT2D eigenvalue weighted by atomic mass is 16.6. The molecule has 0 amide bonds. The summed E-state index contributed by atoms with van der Waals surface area (Å²) in [5, 5.41) is 13.9. The van der Waals surface area contributed by atoms with Gasteiger partial charge in [0.25, 0.3) is 5.69 Å². The van der Waals surface area contributed by atoms with Crippen LogP contribution < -0.4 is 5.32 Å². The largest absolute Gasteiger partial charge is 0.469 e. The number of furan rings is 1. The van der Waals surface area contributed by atoms with Gasteiger partial charge >= 0.3 is 0 Å². The maximum atomic E-state index is 10.9. The Bertz CT molecular complexity index is 578. The summed E-state index contributed by atoms with van der Waals surface area (Å²) in [6.07, 6.45) is 2.79. The van der Waals surface area contributed by atoms with E-state index in [9.17, 15) is 14.9 Å². The molecule has 1 aromatic heterocycles. The molecule has 0 saturated heterocycles. The predicted octanol–water partition coefficient (Wildman–Crippen LogP) is 2.65. The zero-order valence-corrected chi connectivity index (χ0v) is 10.0. The topological polar surface area (TPSA) is 85.4 Å². The van der Waals surface area contributed by atoms with Crippen LogP contribution in [-0.2, 0) is 6.42 Å². The van der Waals surface area contributed by atoms with Crippen LogP contribution in [0, 0.1) is 10.1 Å². The molecular formula is C13H12N2O4. The van der Waals surface area contributed by atoms with Gasteiger partial charge < -0.3 is 9.73 Å². The summed E-state index contributed by atoms with van der Waals surface area (Å²) in [7, 11) is 0. The van der Waals surface area contributed by atoms with E-state index < -0.39 is 4.92 Å². The van der Waals surface area contributed by atoms with Gasteiger partial charge in [0.1, 0.15) is 17.7 Å². The third-order valence-electron chi connectivity index (χ3n) is 2.62. The number of nitrogens with zero attached hydrogens (tertiary/aromatic N) is 1. The first kappa shape index (κ1) is 12.8. The first-order valence-electron chi connectivity index (χ1n) is 5.70. The number of rotatable bonds is 6. The van der Waals surface area contributed by atoms with Crippen LogP contribution in [-0.4, -0.2) is 17.8 Å². The van der Waals surface area contributed by atoms with Gasteiger partial charge in [0.15, 0.2) is 0 Å². The lowest BCUT2D eigenvalue weighted by atomic mass is 10.2. The highest BCUT2D eigenvalue weighted by Crippen LogP contribution is 2.24. The average molecular weight is 260 g/mol. The summed E-state index contributed by atoms with van der Waals surface area (Å²) in [5.41, 5.74) is 0.564. The minimum Gasteiger partial charge on any atom is -0.469 e. The van der Waals surface area contributed by atoms with E-state index in [0.717, 1.165) is 5.76 Å². The van der Waals surface area contributed by atoms with Crippen molar-refractivity contribution >= 4 is 17.7 Å². The van der Waals surface area contributed by atoms with Gasteiger partial charge in [-0.25, -0.2) is 0 Å². The molecule has 2 aromatic rings. The van der Waals surface area contributed by atoms with E-state index in [-0.39, 0.29) is 11.3 Å². The Labute approximate surface area is 109 Å². The molecule has 6 heteroatoms. The number of nitro benzene ring substituents is 1. The highest BCUT2D eigenvalue weighted by molar-refractivity contribution is 5.79. The van der Waals surface area contributed by atoms with Crippen LogP contribution in [0.1, 0.15) is 16.1 Å². The van der Waals surface area contributed by atoms with Crippen molar-refractivity contribution in [3.05, 3.63) is 58.0 Å². The van der Waals surface area contributed by atoms with Crippen LogP contribution in [0.25, 0.3) is 0 Å². The summed E-state index contributed by atoms with van der Waals surface area (Å²) in [6.45, 7) is 0.509. The number of anilines is 1. The van der Waals surface area contributed by atoms with Gasteiger partial charge in [-0.15, -0.1) is 0 Å². The van der Waals surface area contributed by atoms with Gasteiger partial charge in [0.2, 0.25) is 0 Å². The zero-order valence-electron chi connectivity index (χ0n) is 10.0. The minimum absolute atomic E-state index is 0.107. The molecule has 2 rings (SSSR count). The quantitative estimate of drug-likeness (QED) is 0.490. The molecule has 0 radical (unpaired) electrons. The van der Waals surface area contributed by atoms with Crippen molar-refractivity contribution in [3.63, 3.8) is 0 Å². The third kappa shape index (κ3) is 3.19. The van der Waals surface area contributed by atoms with E-state index in [2.05, 4.69) is 5.32 Å². The number of carbonyl (C=O) groups is 1. The molecule has 98 valence electrons. The van der Waals surface area contributed by atoms with Crippen LogP contribution in [0.2, 0.25) is 0 Å². The Morgan fingerprint density at radius 1 is 1.37 bits per heavy atom. The number of nitro groups is 1. The van der Waals surface area contributed by atoms with Crippen molar-refractivity contribution in [1.29, 1.82) is 0 Å². The van der Waals surface area contributed by atoms with Crippen LogP contribution in [0.4, 0.5) is 11.4 Å². The molecule has 0 atom stereocenters. The van der Waals surface area contributed by atoms with Crippen molar-refractivity contribution in [2.24, 2.45) is 0 Å². The maximum Gasteiger partial charge on any atom is 0.293 e. The third-order valence-corrected chi connectivity index (χ3v) is 2.62. The van der Waals surface area contributed by atoms with E-state index in [1.165, 1.54) is 18.2 Å². The molecule has 1 N–H and O–H groups in total. The molecule has 0 fully saturated rings. The molecule has 0 bridgehead atoms. The fourth-order valence-electron chi connectivity index (χ4n) is 1.70. The van der Waals surface area contributed by atoms with E-state index in [1.54, 1.807) is 12.3 Å². The molecule has 6 nitrogen and oxygen atoms in total. The molecule has 1 aromatic carbocycles. The lowest BCUT2D eigenvalue weighted by Crippen LogP contribution is -2.06. The lowest BCUT2D eigenvalue weighted by Gasteiger charge is -2.06. The SMILES string of the molecule is O=Cc1ccc(NCCc2ccco2)c([N+](=O)[O-])c1. The smallest absolute Gasteiger partial charge is 0.293 e. The van der Waals surface area contributed by atoms with E-state index >= 15 is 0 Å². The summed E-state index contributed by atoms with van der Waals surface area (Å²) in [5.74, 6) is 0.805. The Kier molecular flexibility index (Phi) is 3.92. The standard InChI is InChI=1S/C13H12N2O4/c16-9-10-3-4-12(13(8-10)15(17)18)14-6-5-11-2-1-7-19-11/h1-4,7-9,14H,5-6H2. The molecule has 1 heterocycles. The van der Waals surface area contributed by atoms with Gasteiger partial charge in [-0.05, 0) is 24.3 Å². The Balaban J connectivity index is 2.06. The first-order chi connectivity index (χ1) is 9.20. The molecule has 0 aliphatic rings. The second kappa shape index (κ2) is 5.81. The number of hydrogen-bond donors (Lipinski definition) is 1. The summed E-state index contributed by atoms with van der Waals surface area (Å²) in [6, 6.07) is 7.95. The normalized spacial score (nSPS) is 10.1. The van der Waals surface area contributed by atoms with Crippen LogP contribution in [0.5, 0.6) is 0 Å². The fraction of sp³-hybridized carbons (Fsp3) is 0.154. The molecule has 0 unspecified atom stereocenters. The highest BCUT2D eigenvalue weighted by Gasteiger charge is 2.14. The second-order valence-electron chi connectivity index (χ2n) is 3.91. The average Bonchev–Trinajstić information content (AvgIpc) is 2.92. The minimum atomic E-state index is -0.512. The number of aldehydes is 1. The number of carbonyl (C=O) groups excluding carboxylic acids is 1.